The molecule has 0 spiro atoms. The second-order valence-corrected chi connectivity index (χ2v) is 7.11. The Morgan fingerprint density at radius 3 is 2.71 bits per heavy atom. The van der Waals surface area contributed by atoms with Crippen molar-refractivity contribution in [3.8, 4) is 11.8 Å². The van der Waals surface area contributed by atoms with E-state index in [1.165, 1.54) is 25.3 Å². The topological polar surface area (TPSA) is 66.4 Å². The SMILES string of the molecule is O=S(=O)(NCC1CCCCC1)c1cccc(C#CCO)c1. The first-order valence-electron chi connectivity index (χ1n) is 7.31. The van der Waals surface area contributed by atoms with Crippen molar-refractivity contribution in [3.63, 3.8) is 0 Å². The predicted molar refractivity (Wildman–Crippen MR) is 82.2 cm³/mol. The third-order valence-corrected chi connectivity index (χ3v) is 5.16. The molecule has 0 saturated heterocycles. The van der Waals surface area contributed by atoms with E-state index in [1.807, 2.05) is 0 Å². The number of hydrogen-bond donors (Lipinski definition) is 2. The summed E-state index contributed by atoms with van der Waals surface area (Å²) in [7, 11) is -3.49. The molecule has 0 unspecified atom stereocenters. The molecule has 0 aromatic heterocycles. The van der Waals surface area contributed by atoms with E-state index in [2.05, 4.69) is 16.6 Å². The number of rotatable bonds is 4. The van der Waals surface area contributed by atoms with Crippen LogP contribution in [0, 0.1) is 17.8 Å². The van der Waals surface area contributed by atoms with E-state index in [4.69, 9.17) is 5.11 Å². The van der Waals surface area contributed by atoms with Gasteiger partial charge in [-0.1, -0.05) is 37.2 Å². The van der Waals surface area contributed by atoms with Crippen molar-refractivity contribution in [1.82, 2.24) is 4.72 Å². The lowest BCUT2D eigenvalue weighted by atomic mass is 9.90. The first-order chi connectivity index (χ1) is 10.1. The van der Waals surface area contributed by atoms with Crippen LogP contribution >= 0.6 is 0 Å². The van der Waals surface area contributed by atoms with Crippen LogP contribution < -0.4 is 4.72 Å². The molecule has 0 heterocycles. The monoisotopic (exact) mass is 307 g/mol. The van der Waals surface area contributed by atoms with Crippen LogP contribution in [-0.2, 0) is 10.0 Å². The molecular weight excluding hydrogens is 286 g/mol. The lowest BCUT2D eigenvalue weighted by molar-refractivity contribution is 0.350. The Morgan fingerprint density at radius 1 is 1.24 bits per heavy atom. The minimum atomic E-state index is -3.49. The molecule has 4 nitrogen and oxygen atoms in total. The molecule has 1 saturated carbocycles. The second-order valence-electron chi connectivity index (χ2n) is 5.34. The first-order valence-corrected chi connectivity index (χ1v) is 8.79. The van der Waals surface area contributed by atoms with Crippen molar-refractivity contribution in [1.29, 1.82) is 0 Å². The van der Waals surface area contributed by atoms with Gasteiger partial charge in [0, 0.05) is 12.1 Å². The molecule has 21 heavy (non-hydrogen) atoms. The molecule has 1 aromatic rings. The van der Waals surface area contributed by atoms with E-state index in [1.54, 1.807) is 18.2 Å². The summed E-state index contributed by atoms with van der Waals surface area (Å²) in [6, 6.07) is 6.48. The fraction of sp³-hybridized carbons (Fsp3) is 0.500. The van der Waals surface area contributed by atoms with Crippen molar-refractivity contribution < 1.29 is 13.5 Å². The lowest BCUT2D eigenvalue weighted by Crippen LogP contribution is -2.30. The number of hydrogen-bond acceptors (Lipinski definition) is 3. The average molecular weight is 307 g/mol. The van der Waals surface area contributed by atoms with Gasteiger partial charge in [-0.2, -0.15) is 0 Å². The number of sulfonamides is 1. The Labute approximate surface area is 126 Å². The zero-order valence-corrected chi connectivity index (χ0v) is 12.8. The maximum atomic E-state index is 12.3. The van der Waals surface area contributed by atoms with Gasteiger partial charge in [0.1, 0.15) is 6.61 Å². The van der Waals surface area contributed by atoms with Gasteiger partial charge in [-0.3, -0.25) is 0 Å². The Hall–Kier alpha value is -1.35. The van der Waals surface area contributed by atoms with Gasteiger partial charge in [-0.15, -0.1) is 0 Å². The van der Waals surface area contributed by atoms with Crippen LogP contribution in [0.3, 0.4) is 0 Å². The number of aliphatic hydroxyl groups excluding tert-OH is 1. The summed E-state index contributed by atoms with van der Waals surface area (Å²) in [6.07, 6.45) is 5.85. The highest BCUT2D eigenvalue weighted by molar-refractivity contribution is 7.89. The number of nitrogens with one attached hydrogen (secondary N) is 1. The molecule has 0 atom stereocenters. The van der Waals surface area contributed by atoms with Crippen LogP contribution in [0.4, 0.5) is 0 Å². The summed E-state index contributed by atoms with van der Waals surface area (Å²) in [6.45, 7) is 0.270. The molecule has 0 amide bonds. The predicted octanol–water partition coefficient (Wildman–Crippen LogP) is 1.89. The Bertz CT molecular complexity index is 622. The van der Waals surface area contributed by atoms with Crippen molar-refractivity contribution in [2.75, 3.05) is 13.2 Å². The molecule has 1 aliphatic rings. The average Bonchev–Trinajstić information content (AvgIpc) is 2.52. The van der Waals surface area contributed by atoms with Crippen LogP contribution in [0.15, 0.2) is 29.2 Å². The quantitative estimate of drug-likeness (QED) is 0.835. The smallest absolute Gasteiger partial charge is 0.240 e. The van der Waals surface area contributed by atoms with Gasteiger partial charge < -0.3 is 5.11 Å². The van der Waals surface area contributed by atoms with Gasteiger partial charge in [0.05, 0.1) is 4.90 Å². The van der Waals surface area contributed by atoms with Crippen molar-refractivity contribution >= 4 is 10.0 Å². The highest BCUT2D eigenvalue weighted by Gasteiger charge is 2.18. The Balaban J connectivity index is 2.04. The van der Waals surface area contributed by atoms with Gasteiger partial charge in [0.2, 0.25) is 10.0 Å². The normalized spacial score (nSPS) is 16.2. The van der Waals surface area contributed by atoms with Crippen LogP contribution in [0.2, 0.25) is 0 Å². The van der Waals surface area contributed by atoms with E-state index in [0.29, 0.717) is 18.0 Å². The van der Waals surface area contributed by atoms with Crippen LogP contribution in [0.1, 0.15) is 37.7 Å². The Kier molecular flexibility index (Phi) is 5.80. The van der Waals surface area contributed by atoms with E-state index in [-0.39, 0.29) is 11.5 Å². The molecule has 1 fully saturated rings. The molecule has 2 N–H and O–H groups in total. The minimum Gasteiger partial charge on any atom is -0.384 e. The molecule has 0 radical (unpaired) electrons. The molecule has 0 bridgehead atoms. The molecule has 2 rings (SSSR count). The maximum Gasteiger partial charge on any atom is 0.240 e. The summed E-state index contributed by atoms with van der Waals surface area (Å²) < 4.78 is 27.3. The summed E-state index contributed by atoms with van der Waals surface area (Å²) in [5, 5.41) is 8.68. The highest BCUT2D eigenvalue weighted by Crippen LogP contribution is 2.23. The van der Waals surface area contributed by atoms with Crippen molar-refractivity contribution in [2.24, 2.45) is 5.92 Å². The van der Waals surface area contributed by atoms with Crippen molar-refractivity contribution in [2.45, 2.75) is 37.0 Å². The fourth-order valence-electron chi connectivity index (χ4n) is 2.58. The zero-order chi connectivity index (χ0) is 15.1. The van der Waals surface area contributed by atoms with Crippen LogP contribution in [0.5, 0.6) is 0 Å². The molecule has 0 aliphatic heterocycles. The highest BCUT2D eigenvalue weighted by atomic mass is 32.2. The van der Waals surface area contributed by atoms with E-state index >= 15 is 0 Å². The Morgan fingerprint density at radius 2 is 2.00 bits per heavy atom. The summed E-state index contributed by atoms with van der Waals surface area (Å²) >= 11 is 0. The summed E-state index contributed by atoms with van der Waals surface area (Å²) in [5.41, 5.74) is 0.588. The standard InChI is InChI=1S/C16H21NO3S/c18-11-5-9-14-8-4-10-16(12-14)21(19,20)17-13-15-6-2-1-3-7-15/h4,8,10,12,15,17-18H,1-3,6-7,11,13H2. The molecule has 5 heteroatoms. The van der Waals surface area contributed by atoms with Crippen LogP contribution in [-0.4, -0.2) is 26.7 Å². The minimum absolute atomic E-state index is 0.225. The molecule has 1 aromatic carbocycles. The summed E-state index contributed by atoms with van der Waals surface area (Å²) in [5.74, 6) is 5.69. The number of aliphatic hydroxyl groups is 1. The third kappa shape index (κ3) is 4.85. The molecular formula is C16H21NO3S. The molecule has 114 valence electrons. The van der Waals surface area contributed by atoms with Gasteiger partial charge in [-0.25, -0.2) is 13.1 Å². The zero-order valence-electron chi connectivity index (χ0n) is 12.0. The van der Waals surface area contributed by atoms with Gasteiger partial charge in [0.25, 0.3) is 0 Å². The van der Waals surface area contributed by atoms with Gasteiger partial charge in [0.15, 0.2) is 0 Å². The summed E-state index contributed by atoms with van der Waals surface area (Å²) in [4.78, 5) is 0.225. The number of benzene rings is 1. The second kappa shape index (κ2) is 7.60. The van der Waals surface area contributed by atoms with E-state index in [9.17, 15) is 8.42 Å². The van der Waals surface area contributed by atoms with E-state index < -0.39 is 10.0 Å². The van der Waals surface area contributed by atoms with Gasteiger partial charge in [-0.05, 0) is 37.0 Å². The third-order valence-electron chi connectivity index (χ3n) is 3.74. The largest absolute Gasteiger partial charge is 0.384 e. The lowest BCUT2D eigenvalue weighted by Gasteiger charge is -2.21. The van der Waals surface area contributed by atoms with Gasteiger partial charge >= 0.3 is 0 Å². The molecule has 1 aliphatic carbocycles. The van der Waals surface area contributed by atoms with E-state index in [0.717, 1.165) is 12.8 Å². The maximum absolute atomic E-state index is 12.3. The first kappa shape index (κ1) is 16.0. The fourth-order valence-corrected chi connectivity index (χ4v) is 3.75. The van der Waals surface area contributed by atoms with Crippen LogP contribution in [0.25, 0.3) is 0 Å². The van der Waals surface area contributed by atoms with Crippen molar-refractivity contribution in [3.05, 3.63) is 29.8 Å².